The fourth-order valence-electron chi connectivity index (χ4n) is 2.87. The Morgan fingerprint density at radius 2 is 1.89 bits per heavy atom. The lowest BCUT2D eigenvalue weighted by Gasteiger charge is -2.25. The van der Waals surface area contributed by atoms with Crippen LogP contribution in [0.25, 0.3) is 0 Å². The minimum atomic E-state index is 0.0715. The number of rotatable bonds is 10. The molecule has 0 saturated carbocycles. The van der Waals surface area contributed by atoms with Crippen LogP contribution in [-0.2, 0) is 0 Å². The number of pyridine rings is 1. The molecule has 0 aliphatic heterocycles. The monoisotopic (exact) mass is 368 g/mol. The Hall–Kier alpha value is -2.56. The molecule has 27 heavy (non-hydrogen) atoms. The fraction of sp³-hybridized carbons (Fsp3) is 0.455. The maximum atomic E-state index is 5.85. The minimum Gasteiger partial charge on any atom is -0.475 e. The Kier molecular flexibility index (Phi) is 8.11. The van der Waals surface area contributed by atoms with E-state index >= 15 is 0 Å². The number of nitrogens with zero attached hydrogens (tertiary/aromatic N) is 3. The van der Waals surface area contributed by atoms with Crippen molar-refractivity contribution in [3.63, 3.8) is 0 Å². The van der Waals surface area contributed by atoms with Gasteiger partial charge in [-0.15, -0.1) is 0 Å². The molecule has 1 N–H and O–H groups in total. The highest BCUT2D eigenvalue weighted by molar-refractivity contribution is 5.80. The van der Waals surface area contributed by atoms with E-state index in [1.54, 1.807) is 6.21 Å². The Bertz CT molecular complexity index is 737. The van der Waals surface area contributed by atoms with Crippen molar-refractivity contribution in [1.82, 2.24) is 4.98 Å². The van der Waals surface area contributed by atoms with Crippen LogP contribution in [0.1, 0.15) is 51.7 Å². The van der Waals surface area contributed by atoms with Crippen LogP contribution in [0.5, 0.6) is 5.88 Å². The molecule has 0 atom stereocenters. The van der Waals surface area contributed by atoms with Crippen LogP contribution < -0.4 is 15.1 Å². The van der Waals surface area contributed by atoms with Crippen molar-refractivity contribution >= 4 is 17.7 Å². The minimum absolute atomic E-state index is 0.0715. The van der Waals surface area contributed by atoms with Gasteiger partial charge in [0.25, 0.3) is 0 Å². The number of hydrazone groups is 1. The summed E-state index contributed by atoms with van der Waals surface area (Å²) >= 11 is 0. The number of ether oxygens (including phenoxy) is 1. The maximum Gasteiger partial charge on any atom is 0.217 e. The molecule has 0 spiro atoms. The molecule has 1 aromatic heterocycles. The molecule has 5 nitrogen and oxygen atoms in total. The van der Waals surface area contributed by atoms with Crippen molar-refractivity contribution in [3.8, 4) is 5.88 Å². The first-order chi connectivity index (χ1) is 13.0. The number of nitrogens with one attached hydrogen (secondary N) is 1. The highest BCUT2D eigenvalue weighted by Crippen LogP contribution is 2.25. The van der Waals surface area contributed by atoms with Gasteiger partial charge in [0, 0.05) is 30.9 Å². The van der Waals surface area contributed by atoms with Gasteiger partial charge in [0.15, 0.2) is 5.82 Å². The van der Waals surface area contributed by atoms with Crippen molar-refractivity contribution in [3.05, 3.63) is 47.5 Å². The second-order valence-electron chi connectivity index (χ2n) is 6.99. The smallest absolute Gasteiger partial charge is 0.217 e. The predicted molar refractivity (Wildman–Crippen MR) is 115 cm³/mol. The molecule has 2 rings (SSSR count). The first-order valence-electron chi connectivity index (χ1n) is 9.81. The lowest BCUT2D eigenvalue weighted by Crippen LogP contribution is -2.25. The normalized spacial score (nSPS) is 11.2. The maximum absolute atomic E-state index is 5.85. The van der Waals surface area contributed by atoms with Gasteiger partial charge in [0.1, 0.15) is 0 Å². The Balaban J connectivity index is 2.23. The van der Waals surface area contributed by atoms with Crippen LogP contribution >= 0.6 is 0 Å². The SMILES string of the molecule is CCCN(CCC)c1cc(N/N=C/c2cccc(C)c2)nc(OC(C)C)c1. The summed E-state index contributed by atoms with van der Waals surface area (Å²) in [4.78, 5) is 6.92. The molecular formula is C22H32N4O. The zero-order valence-electron chi connectivity index (χ0n) is 17.2. The summed E-state index contributed by atoms with van der Waals surface area (Å²) < 4.78 is 5.85. The van der Waals surface area contributed by atoms with Gasteiger partial charge in [-0.2, -0.15) is 10.1 Å². The van der Waals surface area contributed by atoms with E-state index in [1.807, 2.05) is 38.1 Å². The number of aryl methyl sites for hydroxylation is 1. The van der Waals surface area contributed by atoms with Crippen molar-refractivity contribution in [1.29, 1.82) is 0 Å². The van der Waals surface area contributed by atoms with Crippen LogP contribution in [0.4, 0.5) is 11.5 Å². The molecule has 5 heteroatoms. The lowest BCUT2D eigenvalue weighted by molar-refractivity contribution is 0.233. The van der Waals surface area contributed by atoms with E-state index in [0.29, 0.717) is 11.7 Å². The van der Waals surface area contributed by atoms with Gasteiger partial charge in [-0.05, 0) is 39.2 Å². The van der Waals surface area contributed by atoms with E-state index in [0.717, 1.165) is 37.2 Å². The largest absolute Gasteiger partial charge is 0.475 e. The average molecular weight is 369 g/mol. The van der Waals surface area contributed by atoms with Gasteiger partial charge < -0.3 is 9.64 Å². The van der Waals surface area contributed by atoms with E-state index in [2.05, 4.69) is 53.3 Å². The van der Waals surface area contributed by atoms with Gasteiger partial charge in [0.2, 0.25) is 5.88 Å². The summed E-state index contributed by atoms with van der Waals surface area (Å²) in [5, 5.41) is 4.35. The molecule has 2 aromatic rings. The highest BCUT2D eigenvalue weighted by atomic mass is 16.5. The predicted octanol–water partition coefficient (Wildman–Crippen LogP) is 5.25. The van der Waals surface area contributed by atoms with Crippen LogP contribution in [0.2, 0.25) is 0 Å². The second kappa shape index (κ2) is 10.6. The molecule has 0 amide bonds. The topological polar surface area (TPSA) is 49.8 Å². The third-order valence-corrected chi connectivity index (χ3v) is 3.93. The van der Waals surface area contributed by atoms with Gasteiger partial charge in [-0.1, -0.05) is 43.7 Å². The number of aromatic nitrogens is 1. The molecule has 1 aromatic carbocycles. The number of anilines is 2. The number of hydrogen-bond acceptors (Lipinski definition) is 5. The van der Waals surface area contributed by atoms with E-state index < -0.39 is 0 Å². The van der Waals surface area contributed by atoms with E-state index in [-0.39, 0.29) is 6.10 Å². The lowest BCUT2D eigenvalue weighted by atomic mass is 10.2. The summed E-state index contributed by atoms with van der Waals surface area (Å²) in [5.41, 5.74) is 6.43. The number of benzene rings is 1. The molecule has 0 aliphatic carbocycles. The Morgan fingerprint density at radius 1 is 1.15 bits per heavy atom. The van der Waals surface area contributed by atoms with Gasteiger partial charge in [-0.25, -0.2) is 0 Å². The van der Waals surface area contributed by atoms with E-state index in [1.165, 1.54) is 5.56 Å². The quantitative estimate of drug-likeness (QED) is 0.460. The molecule has 146 valence electrons. The van der Waals surface area contributed by atoms with Crippen molar-refractivity contribution in [2.24, 2.45) is 5.10 Å². The second-order valence-corrected chi connectivity index (χ2v) is 6.99. The van der Waals surface area contributed by atoms with Crippen LogP contribution in [0, 0.1) is 6.92 Å². The van der Waals surface area contributed by atoms with Crippen molar-refractivity contribution < 1.29 is 4.74 Å². The molecule has 0 aliphatic rings. The highest BCUT2D eigenvalue weighted by Gasteiger charge is 2.11. The molecular weight excluding hydrogens is 336 g/mol. The summed E-state index contributed by atoms with van der Waals surface area (Å²) in [6.07, 6.45) is 4.07. The van der Waals surface area contributed by atoms with Crippen LogP contribution in [0.3, 0.4) is 0 Å². The summed E-state index contributed by atoms with van der Waals surface area (Å²) in [6.45, 7) is 12.5. The van der Waals surface area contributed by atoms with Crippen LogP contribution in [0.15, 0.2) is 41.5 Å². The van der Waals surface area contributed by atoms with Crippen molar-refractivity contribution in [2.45, 2.75) is 53.6 Å². The van der Waals surface area contributed by atoms with Gasteiger partial charge in [-0.3, -0.25) is 5.43 Å². The third-order valence-electron chi connectivity index (χ3n) is 3.93. The Labute approximate surface area is 163 Å². The molecule has 0 fully saturated rings. The summed E-state index contributed by atoms with van der Waals surface area (Å²) in [6, 6.07) is 12.3. The third kappa shape index (κ3) is 6.93. The van der Waals surface area contributed by atoms with Crippen molar-refractivity contribution in [2.75, 3.05) is 23.4 Å². The first-order valence-corrected chi connectivity index (χ1v) is 9.81. The van der Waals surface area contributed by atoms with E-state index in [4.69, 9.17) is 4.74 Å². The fourth-order valence-corrected chi connectivity index (χ4v) is 2.87. The molecule has 1 heterocycles. The first kappa shape index (κ1) is 20.7. The molecule has 0 bridgehead atoms. The number of hydrogen-bond donors (Lipinski definition) is 1. The Morgan fingerprint density at radius 3 is 2.52 bits per heavy atom. The average Bonchev–Trinajstić information content (AvgIpc) is 2.61. The molecule has 0 unspecified atom stereocenters. The van der Waals surface area contributed by atoms with E-state index in [9.17, 15) is 0 Å². The molecule has 0 saturated heterocycles. The summed E-state index contributed by atoms with van der Waals surface area (Å²) in [5.74, 6) is 1.30. The summed E-state index contributed by atoms with van der Waals surface area (Å²) in [7, 11) is 0. The van der Waals surface area contributed by atoms with Gasteiger partial charge >= 0.3 is 0 Å². The van der Waals surface area contributed by atoms with Crippen LogP contribution in [-0.4, -0.2) is 30.4 Å². The zero-order valence-corrected chi connectivity index (χ0v) is 17.2. The zero-order chi connectivity index (χ0) is 19.6. The molecule has 0 radical (unpaired) electrons. The standard InChI is InChI=1S/C22H32N4O/c1-6-11-26(12-7-2)20-14-21(24-22(15-20)27-17(3)4)25-23-16-19-10-8-9-18(5)13-19/h8-10,13-17H,6-7,11-12H2,1-5H3,(H,24,25)/b23-16+. The van der Waals surface area contributed by atoms with Gasteiger partial charge in [0.05, 0.1) is 12.3 Å².